The quantitative estimate of drug-likeness (QED) is 0.837. The van der Waals surface area contributed by atoms with E-state index in [1.165, 1.54) is 12.1 Å². The Morgan fingerprint density at radius 3 is 2.67 bits per heavy atom. The first kappa shape index (κ1) is 16.1. The smallest absolute Gasteiger partial charge is 0.119 e. The molecule has 1 fully saturated rings. The fourth-order valence-electron chi connectivity index (χ4n) is 3.05. The third kappa shape index (κ3) is 4.35. The highest BCUT2D eigenvalue weighted by Crippen LogP contribution is 2.31. The summed E-state index contributed by atoms with van der Waals surface area (Å²) in [6.45, 7) is 6.94. The maximum absolute atomic E-state index is 5.77. The summed E-state index contributed by atoms with van der Waals surface area (Å²) in [5, 5.41) is 3.51. The molecule has 1 aromatic carbocycles. The van der Waals surface area contributed by atoms with Crippen LogP contribution in [0.25, 0.3) is 0 Å². The number of ether oxygens (including phenoxy) is 2. The monoisotopic (exact) mass is 292 g/mol. The number of benzene rings is 1. The van der Waals surface area contributed by atoms with Crippen molar-refractivity contribution in [3.05, 3.63) is 24.3 Å². The summed E-state index contributed by atoms with van der Waals surface area (Å²) < 4.78 is 11.0. The van der Waals surface area contributed by atoms with Crippen LogP contribution in [0, 0.1) is 5.41 Å². The van der Waals surface area contributed by atoms with Gasteiger partial charge in [0.25, 0.3) is 0 Å². The summed E-state index contributed by atoms with van der Waals surface area (Å²) in [5.74, 6) is 0.899. The van der Waals surface area contributed by atoms with Gasteiger partial charge in [0, 0.05) is 37.8 Å². The average molecular weight is 292 g/mol. The summed E-state index contributed by atoms with van der Waals surface area (Å²) >= 11 is 0. The summed E-state index contributed by atoms with van der Waals surface area (Å²) in [4.78, 5) is 2.32. The van der Waals surface area contributed by atoms with Gasteiger partial charge in [-0.25, -0.2) is 0 Å². The Bertz CT molecular complexity index is 413. The number of anilines is 1. The van der Waals surface area contributed by atoms with Gasteiger partial charge in [0.1, 0.15) is 5.75 Å². The molecule has 0 aliphatic carbocycles. The molecule has 0 aromatic heterocycles. The third-order valence-electron chi connectivity index (χ3n) is 4.24. The zero-order valence-corrected chi connectivity index (χ0v) is 13.5. The molecule has 0 radical (unpaired) electrons. The molecule has 1 atom stereocenters. The van der Waals surface area contributed by atoms with Gasteiger partial charge >= 0.3 is 0 Å². The molecular formula is C17H28N2O2. The SMILES string of the molecule is CCNCC1(CN(C)c2ccc(OC)cc2)CCCOC1. The number of rotatable bonds is 7. The van der Waals surface area contributed by atoms with Gasteiger partial charge in [-0.3, -0.25) is 0 Å². The van der Waals surface area contributed by atoms with Crippen LogP contribution in [-0.2, 0) is 4.74 Å². The number of methoxy groups -OCH3 is 1. The normalized spacial score (nSPS) is 22.0. The van der Waals surface area contributed by atoms with Crippen molar-refractivity contribution in [2.24, 2.45) is 5.41 Å². The highest BCUT2D eigenvalue weighted by molar-refractivity contribution is 5.48. The molecular weight excluding hydrogens is 264 g/mol. The van der Waals surface area contributed by atoms with E-state index in [-0.39, 0.29) is 5.41 Å². The fraction of sp³-hybridized carbons (Fsp3) is 0.647. The molecule has 1 aliphatic heterocycles. The molecule has 0 spiro atoms. The van der Waals surface area contributed by atoms with Crippen molar-refractivity contribution in [3.63, 3.8) is 0 Å². The third-order valence-corrected chi connectivity index (χ3v) is 4.24. The van der Waals surface area contributed by atoms with Crippen LogP contribution in [-0.4, -0.2) is 47.0 Å². The lowest BCUT2D eigenvalue weighted by atomic mass is 9.81. The molecule has 2 rings (SSSR count). The average Bonchev–Trinajstić information content (AvgIpc) is 2.54. The van der Waals surface area contributed by atoms with Crippen molar-refractivity contribution in [2.75, 3.05) is 51.9 Å². The zero-order chi connectivity index (χ0) is 15.1. The second kappa shape index (κ2) is 7.66. The lowest BCUT2D eigenvalue weighted by Gasteiger charge is -2.40. The topological polar surface area (TPSA) is 33.7 Å². The Morgan fingerprint density at radius 2 is 2.10 bits per heavy atom. The van der Waals surface area contributed by atoms with Gasteiger partial charge < -0.3 is 19.7 Å². The first-order valence-corrected chi connectivity index (χ1v) is 7.83. The van der Waals surface area contributed by atoms with Gasteiger partial charge in [-0.05, 0) is 43.7 Å². The number of nitrogens with zero attached hydrogens (tertiary/aromatic N) is 1. The van der Waals surface area contributed by atoms with Crippen molar-refractivity contribution >= 4 is 5.69 Å². The van der Waals surface area contributed by atoms with Crippen LogP contribution in [0.2, 0.25) is 0 Å². The van der Waals surface area contributed by atoms with Gasteiger partial charge in [0.05, 0.1) is 13.7 Å². The van der Waals surface area contributed by atoms with Gasteiger partial charge in [0.2, 0.25) is 0 Å². The Morgan fingerprint density at radius 1 is 1.33 bits per heavy atom. The standard InChI is InChI=1S/C17H28N2O2/c1-4-18-12-17(10-5-11-21-14-17)13-19(2)15-6-8-16(20-3)9-7-15/h6-9,18H,4-5,10-14H2,1-3H3. The van der Waals surface area contributed by atoms with Crippen molar-refractivity contribution in [3.8, 4) is 5.75 Å². The predicted octanol–water partition coefficient (Wildman–Crippen LogP) is 2.54. The van der Waals surface area contributed by atoms with Crippen molar-refractivity contribution in [2.45, 2.75) is 19.8 Å². The second-order valence-corrected chi connectivity index (χ2v) is 5.99. The molecule has 21 heavy (non-hydrogen) atoms. The second-order valence-electron chi connectivity index (χ2n) is 5.99. The number of hydrogen-bond acceptors (Lipinski definition) is 4. The van der Waals surface area contributed by atoms with Crippen molar-refractivity contribution < 1.29 is 9.47 Å². The highest BCUT2D eigenvalue weighted by atomic mass is 16.5. The molecule has 0 amide bonds. The predicted molar refractivity (Wildman–Crippen MR) is 87.3 cm³/mol. The van der Waals surface area contributed by atoms with Crippen molar-refractivity contribution in [1.29, 1.82) is 0 Å². The molecule has 0 bridgehead atoms. The first-order chi connectivity index (χ1) is 10.2. The fourth-order valence-corrected chi connectivity index (χ4v) is 3.05. The van der Waals surface area contributed by atoms with Crippen LogP contribution in [0.4, 0.5) is 5.69 Å². The van der Waals surface area contributed by atoms with E-state index in [0.29, 0.717) is 0 Å². The van der Waals surface area contributed by atoms with E-state index in [0.717, 1.165) is 45.0 Å². The Hall–Kier alpha value is -1.26. The van der Waals surface area contributed by atoms with Crippen LogP contribution < -0.4 is 15.0 Å². The molecule has 1 heterocycles. The lowest BCUT2D eigenvalue weighted by molar-refractivity contribution is -0.00248. The van der Waals surface area contributed by atoms with E-state index in [4.69, 9.17) is 9.47 Å². The molecule has 4 heteroatoms. The molecule has 118 valence electrons. The van der Waals surface area contributed by atoms with E-state index in [9.17, 15) is 0 Å². The molecule has 1 aromatic rings. The van der Waals surface area contributed by atoms with Gasteiger partial charge in [-0.15, -0.1) is 0 Å². The van der Waals surface area contributed by atoms with Crippen LogP contribution in [0.5, 0.6) is 5.75 Å². The van der Waals surface area contributed by atoms with Crippen LogP contribution in [0.15, 0.2) is 24.3 Å². The van der Waals surface area contributed by atoms with E-state index in [1.807, 2.05) is 12.1 Å². The molecule has 1 N–H and O–H groups in total. The zero-order valence-electron chi connectivity index (χ0n) is 13.5. The minimum Gasteiger partial charge on any atom is -0.497 e. The van der Waals surface area contributed by atoms with Gasteiger partial charge in [-0.1, -0.05) is 6.92 Å². The Kier molecular flexibility index (Phi) is 5.88. The number of nitrogens with one attached hydrogen (secondary N) is 1. The van der Waals surface area contributed by atoms with E-state index < -0.39 is 0 Å². The van der Waals surface area contributed by atoms with E-state index >= 15 is 0 Å². The largest absolute Gasteiger partial charge is 0.497 e. The van der Waals surface area contributed by atoms with E-state index in [1.54, 1.807) is 7.11 Å². The molecule has 0 saturated carbocycles. The molecule has 1 unspecified atom stereocenters. The van der Waals surface area contributed by atoms with Crippen LogP contribution in [0.3, 0.4) is 0 Å². The lowest BCUT2D eigenvalue weighted by Crippen LogP contribution is -2.48. The molecule has 1 aliphatic rings. The molecule has 1 saturated heterocycles. The summed E-state index contributed by atoms with van der Waals surface area (Å²) in [6, 6.07) is 8.26. The molecule has 4 nitrogen and oxygen atoms in total. The van der Waals surface area contributed by atoms with Gasteiger partial charge in [0.15, 0.2) is 0 Å². The minimum absolute atomic E-state index is 0.211. The first-order valence-electron chi connectivity index (χ1n) is 7.83. The summed E-state index contributed by atoms with van der Waals surface area (Å²) in [7, 11) is 3.85. The maximum atomic E-state index is 5.77. The highest BCUT2D eigenvalue weighted by Gasteiger charge is 2.33. The van der Waals surface area contributed by atoms with E-state index in [2.05, 4.69) is 36.3 Å². The van der Waals surface area contributed by atoms with Gasteiger partial charge in [-0.2, -0.15) is 0 Å². The maximum Gasteiger partial charge on any atom is 0.119 e. The summed E-state index contributed by atoms with van der Waals surface area (Å²) in [5.41, 5.74) is 1.43. The minimum atomic E-state index is 0.211. The number of hydrogen-bond donors (Lipinski definition) is 1. The van der Waals surface area contributed by atoms with Crippen molar-refractivity contribution in [1.82, 2.24) is 5.32 Å². The Labute approximate surface area is 128 Å². The summed E-state index contributed by atoms with van der Waals surface area (Å²) in [6.07, 6.45) is 2.38. The Balaban J connectivity index is 2.03. The van der Waals surface area contributed by atoms with Crippen LogP contribution >= 0.6 is 0 Å². The van der Waals surface area contributed by atoms with Crippen LogP contribution in [0.1, 0.15) is 19.8 Å².